The Labute approximate surface area is 640 Å². The molecule has 8 aromatic rings. The standard InChI is InChI=1S/C29H31Cl2NO4.C22H25Cl2NO4.C22H19Cl2NO2.C7H14O3.ClH/c1-19(27(33)36-29(2,3)4)32-26(28(34)35-18-21-8-6-5-7-9-21)16-20-10-12-22(13-11-20)24-17-23(30)14-15-25(24)31;1-13(21(28)29-22(2,3)4)25-19(20(26)27)11-14-5-7-15(8-6-14)17-12-16(23)9-10-18(17)24;23-18-10-11-20(24)19(13-18)17-8-6-15(7-9-17)12-21(25)22(26)27-14-16-4-2-1-3-5-16;1-5(8)6(9)10-7(2,3)4;/h5-15,17,19,26,32H,16,18H2,1-4H3;5-10,12-13,19,25H,11H2,1-4H3,(H,26,27);1-11,13,21H,12,14,25H2;5,8H,1-4H3;1H/t19-,26-;13-,19-;21-;5-;/m0001./s1. The van der Waals surface area contributed by atoms with Gasteiger partial charge in [-0.15, -0.1) is 12.4 Å². The zero-order valence-corrected chi connectivity index (χ0v) is 64.9. The van der Waals surface area contributed by atoms with Gasteiger partial charge < -0.3 is 39.6 Å². The Hall–Kier alpha value is -7.55. The summed E-state index contributed by atoms with van der Waals surface area (Å²) in [6.07, 6.45) is -0.0905. The largest absolute Gasteiger partial charge is 0.480 e. The lowest BCUT2D eigenvalue weighted by molar-refractivity contribution is -0.164. The first-order valence-electron chi connectivity index (χ1n) is 32.7. The van der Waals surface area contributed by atoms with Crippen molar-refractivity contribution in [3.63, 3.8) is 0 Å². The molecule has 0 heterocycles. The highest BCUT2D eigenvalue weighted by Crippen LogP contribution is 2.34. The van der Waals surface area contributed by atoms with Crippen LogP contribution < -0.4 is 16.4 Å². The number of halogens is 7. The third-order valence-corrected chi connectivity index (χ3v) is 16.1. The fourth-order valence-electron chi connectivity index (χ4n) is 9.43. The number of rotatable bonds is 23. The number of benzene rings is 8. The SMILES string of the molecule is C[C@@H](O)C(=O)OC(C)(C)C.C[C@H](N[C@@H](Cc1ccc(-c2cc(Cl)ccc2Cl)cc1)C(=O)O)C(=O)OC(C)(C)C.C[C@H](N[C@@H](Cc1ccc(-c2cc(Cl)ccc2Cl)cc1)C(=O)OCc1ccccc1)C(=O)OC(C)(C)C.Cl.N[C@@H](Cc1ccc(-c2cc(Cl)ccc2Cl)cc1)C(=O)OCc1ccccc1. The molecule has 0 fully saturated rings. The highest BCUT2D eigenvalue weighted by atomic mass is 35.5. The minimum Gasteiger partial charge on any atom is -0.480 e. The number of nitrogens with two attached hydrogens (primary N) is 1. The van der Waals surface area contributed by atoms with E-state index < -0.39 is 88.9 Å². The number of carboxylic acids is 1. The summed E-state index contributed by atoms with van der Waals surface area (Å²) in [5.41, 5.74) is 13.9. The lowest BCUT2D eigenvalue weighted by atomic mass is 10.00. The van der Waals surface area contributed by atoms with Crippen LogP contribution in [-0.2, 0) is 84.9 Å². The van der Waals surface area contributed by atoms with Gasteiger partial charge in [-0.2, -0.15) is 0 Å². The number of ether oxygens (including phenoxy) is 5. The van der Waals surface area contributed by atoms with Gasteiger partial charge in [-0.1, -0.05) is 203 Å². The van der Waals surface area contributed by atoms with Crippen molar-refractivity contribution >= 4 is 118 Å². The van der Waals surface area contributed by atoms with Crippen LogP contribution in [0.1, 0.15) is 111 Å². The van der Waals surface area contributed by atoms with Crippen LogP contribution in [0.2, 0.25) is 30.1 Å². The average molecular weight is 1550 g/mol. The first kappa shape index (κ1) is 87.9. The maximum atomic E-state index is 13.1. The average Bonchev–Trinajstić information content (AvgIpc) is 0.838. The van der Waals surface area contributed by atoms with E-state index in [4.69, 9.17) is 104 Å². The van der Waals surface area contributed by atoms with E-state index in [1.807, 2.05) is 146 Å². The van der Waals surface area contributed by atoms with Crippen LogP contribution in [0.5, 0.6) is 0 Å². The summed E-state index contributed by atoms with van der Waals surface area (Å²) in [6.45, 7) is 21.0. The van der Waals surface area contributed by atoms with E-state index in [0.29, 0.717) is 43.0 Å². The van der Waals surface area contributed by atoms with Gasteiger partial charge in [-0.25, -0.2) is 4.79 Å². The molecule has 0 bridgehead atoms. The van der Waals surface area contributed by atoms with Gasteiger partial charge in [0.25, 0.3) is 0 Å². The summed E-state index contributed by atoms with van der Waals surface area (Å²) < 4.78 is 26.4. The molecule has 23 heteroatoms. The van der Waals surface area contributed by atoms with Crippen molar-refractivity contribution in [1.29, 1.82) is 0 Å². The number of aliphatic carboxylic acids is 1. The lowest BCUT2D eigenvalue weighted by Crippen LogP contribution is -2.49. The molecule has 0 amide bonds. The van der Waals surface area contributed by atoms with Crippen LogP contribution in [-0.4, -0.2) is 99.1 Å². The molecule has 0 saturated carbocycles. The quantitative estimate of drug-likeness (QED) is 0.0295. The molecule has 0 radical (unpaired) electrons. The second-order valence-corrected chi connectivity index (χ2v) is 29.4. The van der Waals surface area contributed by atoms with Crippen molar-refractivity contribution in [1.82, 2.24) is 10.6 Å². The molecule has 16 nitrogen and oxygen atoms in total. The van der Waals surface area contributed by atoms with E-state index in [-0.39, 0.29) is 32.0 Å². The second kappa shape index (κ2) is 41.8. The van der Waals surface area contributed by atoms with E-state index in [1.54, 1.807) is 119 Å². The molecule has 0 aliphatic rings. The summed E-state index contributed by atoms with van der Waals surface area (Å²) in [7, 11) is 0. The summed E-state index contributed by atoms with van der Waals surface area (Å²) in [6, 6.07) is 53.8. The smallest absolute Gasteiger partial charge is 0.335 e. The molecule has 6 N–H and O–H groups in total. The molecular formula is C80H90Cl7N3O13. The fraction of sp³-hybridized carbons (Fsp3) is 0.325. The van der Waals surface area contributed by atoms with Crippen molar-refractivity contribution in [2.75, 3.05) is 0 Å². The van der Waals surface area contributed by atoms with Gasteiger partial charge >= 0.3 is 35.8 Å². The normalized spacial score (nSPS) is 12.9. The van der Waals surface area contributed by atoms with Gasteiger partial charge in [0.05, 0.1) is 0 Å². The van der Waals surface area contributed by atoms with Crippen molar-refractivity contribution in [3.05, 3.63) is 246 Å². The van der Waals surface area contributed by atoms with Crippen molar-refractivity contribution < 1.29 is 62.7 Å². The molecule has 552 valence electrons. The van der Waals surface area contributed by atoms with Crippen LogP contribution in [0.4, 0.5) is 0 Å². The number of carbonyl (C=O) groups excluding carboxylic acids is 5. The number of nitrogens with one attached hydrogen (secondary N) is 2. The highest BCUT2D eigenvalue weighted by molar-refractivity contribution is 6.36. The van der Waals surface area contributed by atoms with Crippen LogP contribution in [0.25, 0.3) is 33.4 Å². The molecule has 0 aliphatic heterocycles. The first-order chi connectivity index (χ1) is 47.8. The third kappa shape index (κ3) is 32.2. The number of esters is 5. The summed E-state index contributed by atoms with van der Waals surface area (Å²) in [5, 5.41) is 27.8. The van der Waals surface area contributed by atoms with Crippen LogP contribution in [0.3, 0.4) is 0 Å². The Morgan fingerprint density at radius 3 is 1.01 bits per heavy atom. The highest BCUT2D eigenvalue weighted by Gasteiger charge is 2.30. The van der Waals surface area contributed by atoms with E-state index in [9.17, 15) is 33.9 Å². The molecule has 0 unspecified atom stereocenters. The third-order valence-electron chi connectivity index (χ3n) is 14.4. The molecule has 8 rings (SSSR count). The van der Waals surface area contributed by atoms with Crippen LogP contribution in [0.15, 0.2) is 188 Å². The fourth-order valence-corrected chi connectivity index (χ4v) is 10.6. The summed E-state index contributed by atoms with van der Waals surface area (Å²) in [5.74, 6) is -3.41. The number of carbonyl (C=O) groups is 6. The molecule has 6 atom stereocenters. The summed E-state index contributed by atoms with van der Waals surface area (Å²) in [4.78, 5) is 72.2. The van der Waals surface area contributed by atoms with Gasteiger partial charge in [-0.05, 0) is 201 Å². The van der Waals surface area contributed by atoms with Gasteiger partial charge in [0.2, 0.25) is 0 Å². The predicted octanol–water partition coefficient (Wildman–Crippen LogP) is 18.0. The van der Waals surface area contributed by atoms with Crippen molar-refractivity contribution in [2.24, 2.45) is 5.73 Å². The molecular weight excluding hydrogens is 1460 g/mol. The van der Waals surface area contributed by atoms with E-state index in [0.717, 1.165) is 61.2 Å². The molecule has 8 aromatic carbocycles. The van der Waals surface area contributed by atoms with Gasteiger partial charge in [-0.3, -0.25) is 34.6 Å². The zero-order valence-electron chi connectivity index (χ0n) is 59.5. The maximum Gasteiger partial charge on any atom is 0.335 e. The van der Waals surface area contributed by atoms with Gasteiger partial charge in [0, 0.05) is 46.8 Å². The number of hydrogen-bond acceptors (Lipinski definition) is 15. The molecule has 0 spiro atoms. The van der Waals surface area contributed by atoms with Crippen molar-refractivity contribution in [3.8, 4) is 33.4 Å². The minimum absolute atomic E-state index is 0. The minimum atomic E-state index is -1.04. The van der Waals surface area contributed by atoms with Crippen molar-refractivity contribution in [2.45, 2.75) is 169 Å². The first-order valence-corrected chi connectivity index (χ1v) is 35.0. The Morgan fingerprint density at radius 2 is 0.699 bits per heavy atom. The Balaban J connectivity index is 0.000000308. The predicted molar refractivity (Wildman–Crippen MR) is 414 cm³/mol. The van der Waals surface area contributed by atoms with Gasteiger partial charge in [0.1, 0.15) is 66.3 Å². The number of aliphatic hydroxyl groups is 1. The van der Waals surface area contributed by atoms with Crippen LogP contribution >= 0.6 is 82.0 Å². The van der Waals surface area contributed by atoms with E-state index >= 15 is 0 Å². The topological polar surface area (TPSA) is 239 Å². The Morgan fingerprint density at radius 1 is 0.398 bits per heavy atom. The van der Waals surface area contributed by atoms with Gasteiger partial charge in [0.15, 0.2) is 0 Å². The maximum absolute atomic E-state index is 13.1. The number of hydrogen-bond donors (Lipinski definition) is 5. The monoisotopic (exact) mass is 1550 g/mol. The molecule has 0 aromatic heterocycles. The summed E-state index contributed by atoms with van der Waals surface area (Å²) >= 11 is 37.0. The Bertz CT molecular complexity index is 4040. The lowest BCUT2D eigenvalue weighted by Gasteiger charge is -2.25. The van der Waals surface area contributed by atoms with E-state index in [1.165, 1.54) is 6.92 Å². The zero-order chi connectivity index (χ0) is 75.6. The molecule has 0 saturated heterocycles. The second-order valence-electron chi connectivity index (χ2n) is 26.9. The number of aliphatic hydroxyl groups excluding tert-OH is 1. The molecule has 103 heavy (non-hydrogen) atoms. The van der Waals surface area contributed by atoms with Crippen LogP contribution in [0, 0.1) is 0 Å². The van der Waals surface area contributed by atoms with E-state index in [2.05, 4.69) is 10.6 Å². The Kier molecular flexibility index (Phi) is 35.7. The number of carboxylic acid groups (broad SMARTS) is 1. The molecule has 0 aliphatic carbocycles.